The summed E-state index contributed by atoms with van der Waals surface area (Å²) in [6.07, 6.45) is 1.59. The van der Waals surface area contributed by atoms with Crippen molar-refractivity contribution in [2.45, 2.75) is 38.5 Å². The number of nitrogens with zero attached hydrogens (tertiary/aromatic N) is 4. The predicted octanol–water partition coefficient (Wildman–Crippen LogP) is 1.79. The molecule has 0 bridgehead atoms. The summed E-state index contributed by atoms with van der Waals surface area (Å²) in [4.78, 5) is 20.8. The Labute approximate surface area is 168 Å². The second kappa shape index (κ2) is 8.87. The number of carbonyl (C=O) groups is 1. The van der Waals surface area contributed by atoms with Gasteiger partial charge in [0.2, 0.25) is 11.8 Å². The molecule has 1 amide bonds. The quantitative estimate of drug-likeness (QED) is 0.726. The zero-order chi connectivity index (χ0) is 20.2. The van der Waals surface area contributed by atoms with Crippen LogP contribution in [0.5, 0.6) is 5.75 Å². The number of likely N-dealkylation sites (tertiary alicyclic amines) is 1. The first-order valence-electron chi connectivity index (χ1n) is 9.88. The van der Waals surface area contributed by atoms with Crippen molar-refractivity contribution in [2.24, 2.45) is 0 Å². The SMILES string of the molecule is Cc1noc(CN2CCC(N3CC(COc4ccc(F)cc4)OCC3=O)CC2)n1. The monoisotopic (exact) mass is 404 g/mol. The second-order valence-electron chi connectivity index (χ2n) is 7.49. The van der Waals surface area contributed by atoms with Gasteiger partial charge in [-0.2, -0.15) is 4.98 Å². The van der Waals surface area contributed by atoms with Crippen molar-refractivity contribution < 1.29 is 23.2 Å². The molecule has 0 N–H and O–H groups in total. The summed E-state index contributed by atoms with van der Waals surface area (Å²) in [6.45, 7) is 5.08. The Bertz CT molecular complexity index is 820. The lowest BCUT2D eigenvalue weighted by Crippen LogP contribution is -2.55. The van der Waals surface area contributed by atoms with E-state index in [1.165, 1.54) is 12.1 Å². The van der Waals surface area contributed by atoms with Gasteiger partial charge < -0.3 is 18.9 Å². The topological polar surface area (TPSA) is 80.9 Å². The van der Waals surface area contributed by atoms with Gasteiger partial charge in [0.15, 0.2) is 5.82 Å². The van der Waals surface area contributed by atoms with Gasteiger partial charge in [-0.3, -0.25) is 9.69 Å². The molecule has 9 heteroatoms. The summed E-state index contributed by atoms with van der Waals surface area (Å²) < 4.78 is 29.5. The van der Waals surface area contributed by atoms with E-state index in [1.807, 2.05) is 4.90 Å². The summed E-state index contributed by atoms with van der Waals surface area (Å²) >= 11 is 0. The number of piperidine rings is 1. The van der Waals surface area contributed by atoms with Crippen LogP contribution in [0.4, 0.5) is 4.39 Å². The molecule has 1 aromatic carbocycles. The molecule has 0 spiro atoms. The Kier molecular flexibility index (Phi) is 6.05. The number of hydrogen-bond acceptors (Lipinski definition) is 7. The molecule has 2 aliphatic heterocycles. The number of ether oxygens (including phenoxy) is 2. The maximum absolute atomic E-state index is 13.0. The highest BCUT2D eigenvalue weighted by molar-refractivity contribution is 5.78. The Hall–Kier alpha value is -2.52. The third kappa shape index (κ3) is 5.10. The molecule has 8 nitrogen and oxygen atoms in total. The highest BCUT2D eigenvalue weighted by Crippen LogP contribution is 2.22. The molecule has 0 radical (unpaired) electrons. The van der Waals surface area contributed by atoms with Crippen LogP contribution in [0.1, 0.15) is 24.6 Å². The van der Waals surface area contributed by atoms with E-state index in [2.05, 4.69) is 15.0 Å². The number of halogens is 1. The second-order valence-corrected chi connectivity index (χ2v) is 7.49. The van der Waals surface area contributed by atoms with Crippen molar-refractivity contribution >= 4 is 5.91 Å². The van der Waals surface area contributed by atoms with Gasteiger partial charge in [-0.05, 0) is 44.0 Å². The standard InChI is InChI=1S/C20H25FN4O4/c1-14-22-19(29-23-14)11-24-8-6-16(7-9-24)25-10-18(28-13-20(25)26)12-27-17-4-2-15(21)3-5-17/h2-5,16,18H,6-13H2,1H3. The molecule has 1 aromatic heterocycles. The Balaban J connectivity index is 1.26. The Morgan fingerprint density at radius 3 is 2.69 bits per heavy atom. The molecular formula is C20H25FN4O4. The highest BCUT2D eigenvalue weighted by Gasteiger charge is 2.34. The Morgan fingerprint density at radius 1 is 1.24 bits per heavy atom. The van der Waals surface area contributed by atoms with E-state index in [1.54, 1.807) is 19.1 Å². The number of hydrogen-bond donors (Lipinski definition) is 0. The van der Waals surface area contributed by atoms with Gasteiger partial charge in [0, 0.05) is 19.1 Å². The maximum Gasteiger partial charge on any atom is 0.248 e. The fraction of sp³-hybridized carbons (Fsp3) is 0.550. The van der Waals surface area contributed by atoms with Crippen molar-refractivity contribution in [1.29, 1.82) is 0 Å². The lowest BCUT2D eigenvalue weighted by atomic mass is 10.0. The molecule has 4 rings (SSSR count). The van der Waals surface area contributed by atoms with Crippen LogP contribution in [0.3, 0.4) is 0 Å². The molecule has 2 fully saturated rings. The molecule has 0 saturated carbocycles. The number of amides is 1. The first-order chi connectivity index (χ1) is 14.1. The van der Waals surface area contributed by atoms with Gasteiger partial charge in [-0.15, -0.1) is 0 Å². The number of carbonyl (C=O) groups excluding carboxylic acids is 1. The van der Waals surface area contributed by atoms with E-state index in [-0.39, 0.29) is 30.5 Å². The lowest BCUT2D eigenvalue weighted by Gasteiger charge is -2.41. The maximum atomic E-state index is 13.0. The zero-order valence-corrected chi connectivity index (χ0v) is 16.4. The van der Waals surface area contributed by atoms with Gasteiger partial charge in [0.1, 0.15) is 30.9 Å². The van der Waals surface area contributed by atoms with Crippen LogP contribution in [0.25, 0.3) is 0 Å². The Morgan fingerprint density at radius 2 is 2.00 bits per heavy atom. The molecule has 2 aromatic rings. The largest absolute Gasteiger partial charge is 0.491 e. The van der Waals surface area contributed by atoms with E-state index in [0.717, 1.165) is 25.9 Å². The van der Waals surface area contributed by atoms with Crippen LogP contribution < -0.4 is 4.74 Å². The summed E-state index contributed by atoms with van der Waals surface area (Å²) in [6, 6.07) is 6.08. The molecule has 2 saturated heterocycles. The minimum Gasteiger partial charge on any atom is -0.491 e. The number of aryl methyl sites for hydroxylation is 1. The normalized spacial score (nSPS) is 21.5. The van der Waals surface area contributed by atoms with Gasteiger partial charge >= 0.3 is 0 Å². The van der Waals surface area contributed by atoms with Crippen LogP contribution in [-0.2, 0) is 16.1 Å². The van der Waals surface area contributed by atoms with Gasteiger partial charge in [0.05, 0.1) is 13.1 Å². The average Bonchev–Trinajstić information content (AvgIpc) is 3.14. The van der Waals surface area contributed by atoms with E-state index < -0.39 is 0 Å². The summed E-state index contributed by atoms with van der Waals surface area (Å²) in [5, 5.41) is 3.82. The third-order valence-corrected chi connectivity index (χ3v) is 5.34. The first-order valence-corrected chi connectivity index (χ1v) is 9.88. The minimum absolute atomic E-state index is 0.0222. The van der Waals surface area contributed by atoms with Crippen molar-refractivity contribution in [1.82, 2.24) is 19.9 Å². The predicted molar refractivity (Wildman–Crippen MR) is 101 cm³/mol. The van der Waals surface area contributed by atoms with E-state index in [4.69, 9.17) is 14.0 Å². The lowest BCUT2D eigenvalue weighted by molar-refractivity contribution is -0.155. The van der Waals surface area contributed by atoms with Gasteiger partial charge in [0.25, 0.3) is 0 Å². The van der Waals surface area contributed by atoms with Gasteiger partial charge in [-0.1, -0.05) is 5.16 Å². The van der Waals surface area contributed by atoms with Crippen LogP contribution in [-0.4, -0.2) is 70.8 Å². The molecule has 3 heterocycles. The van der Waals surface area contributed by atoms with Gasteiger partial charge in [-0.25, -0.2) is 4.39 Å². The fourth-order valence-corrected chi connectivity index (χ4v) is 3.80. The van der Waals surface area contributed by atoms with E-state index in [0.29, 0.717) is 37.2 Å². The van der Waals surface area contributed by atoms with Crippen molar-refractivity contribution in [3.63, 3.8) is 0 Å². The molecule has 156 valence electrons. The molecule has 1 unspecified atom stereocenters. The third-order valence-electron chi connectivity index (χ3n) is 5.34. The molecule has 29 heavy (non-hydrogen) atoms. The number of rotatable bonds is 6. The number of aromatic nitrogens is 2. The smallest absolute Gasteiger partial charge is 0.248 e. The zero-order valence-electron chi connectivity index (χ0n) is 16.4. The number of benzene rings is 1. The van der Waals surface area contributed by atoms with Crippen molar-refractivity contribution in [3.05, 3.63) is 41.8 Å². The highest BCUT2D eigenvalue weighted by atomic mass is 19.1. The van der Waals surface area contributed by atoms with Crippen LogP contribution in [0, 0.1) is 12.7 Å². The molecular weight excluding hydrogens is 379 g/mol. The van der Waals surface area contributed by atoms with Crippen molar-refractivity contribution in [3.8, 4) is 5.75 Å². The molecule has 2 aliphatic rings. The van der Waals surface area contributed by atoms with Crippen LogP contribution >= 0.6 is 0 Å². The summed E-state index contributed by atoms with van der Waals surface area (Å²) in [5.74, 6) is 1.57. The van der Waals surface area contributed by atoms with Crippen LogP contribution in [0.15, 0.2) is 28.8 Å². The van der Waals surface area contributed by atoms with Crippen LogP contribution in [0.2, 0.25) is 0 Å². The molecule has 0 aliphatic carbocycles. The number of morpholine rings is 1. The summed E-state index contributed by atoms with van der Waals surface area (Å²) in [7, 11) is 0. The van der Waals surface area contributed by atoms with E-state index in [9.17, 15) is 9.18 Å². The van der Waals surface area contributed by atoms with E-state index >= 15 is 0 Å². The van der Waals surface area contributed by atoms with Crippen molar-refractivity contribution in [2.75, 3.05) is 32.8 Å². The fourth-order valence-electron chi connectivity index (χ4n) is 3.80. The first kappa shape index (κ1) is 19.8. The molecule has 1 atom stereocenters. The summed E-state index contributed by atoms with van der Waals surface area (Å²) in [5.41, 5.74) is 0. The average molecular weight is 404 g/mol. The minimum atomic E-state index is -0.302.